The van der Waals surface area contributed by atoms with Gasteiger partial charge in [-0.1, -0.05) is 217 Å². The van der Waals surface area contributed by atoms with Crippen molar-refractivity contribution in [3.05, 3.63) is 36.5 Å². The first kappa shape index (κ1) is 59.7. The number of phosphoric acid groups is 1. The fourth-order valence-corrected chi connectivity index (χ4v) is 8.22. The molecule has 3 atom stereocenters. The summed E-state index contributed by atoms with van der Waals surface area (Å²) in [5.41, 5.74) is 0. The highest BCUT2D eigenvalue weighted by Crippen LogP contribution is 2.43. The summed E-state index contributed by atoms with van der Waals surface area (Å²) in [5, 5.41) is 13.7. The SMILES string of the molecule is CCCCCC/C=C/C(O)C(COP(=O)(O)OCC[N+](C)(C)C)NC(=O)CCCCCCCCCCCCCCCCCCCCCCC/C=C\C/C=C\CCCCCCC. The van der Waals surface area contributed by atoms with Gasteiger partial charge in [0, 0.05) is 6.42 Å². The molecule has 3 N–H and O–H groups in total. The largest absolute Gasteiger partial charge is 0.472 e. The molecule has 8 nitrogen and oxygen atoms in total. The lowest BCUT2D eigenvalue weighted by Crippen LogP contribution is -2.45. The van der Waals surface area contributed by atoms with Gasteiger partial charge in [0.1, 0.15) is 13.2 Å². The molecule has 0 aliphatic heterocycles. The van der Waals surface area contributed by atoms with Crippen LogP contribution in [0.25, 0.3) is 0 Å². The van der Waals surface area contributed by atoms with Crippen LogP contribution in [0.3, 0.4) is 0 Å². The number of phosphoric ester groups is 1. The second-order valence-corrected chi connectivity index (χ2v) is 20.4. The van der Waals surface area contributed by atoms with Gasteiger partial charge < -0.3 is 19.8 Å². The maximum absolute atomic E-state index is 12.8. The number of hydrogen-bond donors (Lipinski definition) is 3. The summed E-state index contributed by atoms with van der Waals surface area (Å²) in [4.78, 5) is 23.0. The second kappa shape index (κ2) is 43.9. The number of amides is 1. The minimum absolute atomic E-state index is 0.0620. The van der Waals surface area contributed by atoms with Crippen LogP contribution in [0.15, 0.2) is 36.5 Å². The highest BCUT2D eigenvalue weighted by molar-refractivity contribution is 7.47. The van der Waals surface area contributed by atoms with Gasteiger partial charge in [-0.25, -0.2) is 4.57 Å². The molecule has 0 heterocycles. The number of carbonyl (C=O) groups excluding carboxylic acids is 1. The molecule has 0 aliphatic rings. The highest BCUT2D eigenvalue weighted by Gasteiger charge is 2.27. The first-order valence-corrected chi connectivity index (χ1v) is 27.4. The monoisotopic (exact) mass is 882 g/mol. The van der Waals surface area contributed by atoms with Gasteiger partial charge in [-0.05, 0) is 51.4 Å². The molecule has 0 radical (unpaired) electrons. The van der Waals surface area contributed by atoms with E-state index in [0.29, 0.717) is 17.4 Å². The molecule has 0 spiro atoms. The molecule has 0 aromatic rings. The zero-order chi connectivity index (χ0) is 45.0. The molecular formula is C52H102N2O6P+. The molecule has 1 amide bonds. The van der Waals surface area contributed by atoms with Crippen LogP contribution in [0.5, 0.6) is 0 Å². The Morgan fingerprint density at radius 2 is 0.934 bits per heavy atom. The third-order valence-corrected chi connectivity index (χ3v) is 12.6. The smallest absolute Gasteiger partial charge is 0.387 e. The molecule has 61 heavy (non-hydrogen) atoms. The van der Waals surface area contributed by atoms with Crippen molar-refractivity contribution in [3.63, 3.8) is 0 Å². The average Bonchev–Trinajstić information content (AvgIpc) is 3.21. The van der Waals surface area contributed by atoms with Crippen molar-refractivity contribution in [1.29, 1.82) is 0 Å². The number of unbranched alkanes of at least 4 members (excludes halogenated alkanes) is 30. The zero-order valence-electron chi connectivity index (χ0n) is 40.9. The number of quaternary nitrogens is 1. The van der Waals surface area contributed by atoms with E-state index in [9.17, 15) is 19.4 Å². The maximum atomic E-state index is 12.8. The van der Waals surface area contributed by atoms with Crippen LogP contribution in [-0.2, 0) is 18.4 Å². The topological polar surface area (TPSA) is 105 Å². The molecular weight excluding hydrogens is 780 g/mol. The molecule has 0 saturated carbocycles. The third-order valence-electron chi connectivity index (χ3n) is 11.6. The number of aliphatic hydroxyl groups excluding tert-OH is 1. The van der Waals surface area contributed by atoms with Gasteiger partial charge in [-0.2, -0.15) is 0 Å². The van der Waals surface area contributed by atoms with Crippen LogP contribution >= 0.6 is 7.82 Å². The number of allylic oxidation sites excluding steroid dienone is 5. The quantitative estimate of drug-likeness (QED) is 0.0243. The van der Waals surface area contributed by atoms with Crippen LogP contribution in [-0.4, -0.2) is 73.4 Å². The van der Waals surface area contributed by atoms with Crippen molar-refractivity contribution in [2.45, 2.75) is 251 Å². The van der Waals surface area contributed by atoms with E-state index in [2.05, 4.69) is 43.5 Å². The van der Waals surface area contributed by atoms with Crippen molar-refractivity contribution in [2.75, 3.05) is 40.9 Å². The Hall–Kier alpha value is -1.28. The summed E-state index contributed by atoms with van der Waals surface area (Å²) in [5.74, 6) is -0.180. The van der Waals surface area contributed by atoms with Gasteiger partial charge in [0.15, 0.2) is 0 Å². The molecule has 0 saturated heterocycles. The molecule has 0 aromatic carbocycles. The predicted molar refractivity (Wildman–Crippen MR) is 263 cm³/mol. The summed E-state index contributed by atoms with van der Waals surface area (Å²) in [7, 11) is 1.57. The van der Waals surface area contributed by atoms with Crippen LogP contribution in [0.2, 0.25) is 0 Å². The van der Waals surface area contributed by atoms with E-state index >= 15 is 0 Å². The minimum atomic E-state index is -4.32. The zero-order valence-corrected chi connectivity index (χ0v) is 41.8. The van der Waals surface area contributed by atoms with Crippen LogP contribution in [0.4, 0.5) is 0 Å². The number of aliphatic hydroxyl groups is 1. The lowest BCUT2D eigenvalue weighted by Gasteiger charge is -2.25. The molecule has 9 heteroatoms. The molecule has 3 unspecified atom stereocenters. The van der Waals surface area contributed by atoms with E-state index in [1.165, 1.54) is 167 Å². The Labute approximate surface area is 378 Å². The Kier molecular flexibility index (Phi) is 43.0. The summed E-state index contributed by atoms with van der Waals surface area (Å²) >= 11 is 0. The van der Waals surface area contributed by atoms with E-state index in [1.54, 1.807) is 6.08 Å². The van der Waals surface area contributed by atoms with E-state index < -0.39 is 20.0 Å². The van der Waals surface area contributed by atoms with Gasteiger partial charge in [0.05, 0.1) is 39.9 Å². The van der Waals surface area contributed by atoms with Crippen LogP contribution in [0.1, 0.15) is 239 Å². The Morgan fingerprint density at radius 1 is 0.557 bits per heavy atom. The van der Waals surface area contributed by atoms with Gasteiger partial charge in [-0.3, -0.25) is 13.8 Å². The Bertz CT molecular complexity index is 1090. The predicted octanol–water partition coefficient (Wildman–Crippen LogP) is 15.0. The molecule has 0 fully saturated rings. The van der Waals surface area contributed by atoms with Crippen molar-refractivity contribution in [1.82, 2.24) is 5.32 Å². The second-order valence-electron chi connectivity index (χ2n) is 18.9. The first-order chi connectivity index (χ1) is 29.5. The molecule has 0 aromatic heterocycles. The van der Waals surface area contributed by atoms with E-state index in [0.717, 1.165) is 51.4 Å². The van der Waals surface area contributed by atoms with Gasteiger partial charge in [-0.15, -0.1) is 0 Å². The summed E-state index contributed by atoms with van der Waals surface area (Å²) in [6, 6.07) is -0.840. The number of nitrogens with one attached hydrogen (secondary N) is 1. The number of likely N-dealkylation sites (N-methyl/N-ethyl adjacent to an activating group) is 1. The van der Waals surface area contributed by atoms with E-state index in [4.69, 9.17) is 9.05 Å². The van der Waals surface area contributed by atoms with Gasteiger partial charge in [0.25, 0.3) is 0 Å². The summed E-state index contributed by atoms with van der Waals surface area (Å²) in [6.07, 6.45) is 55.7. The van der Waals surface area contributed by atoms with Gasteiger partial charge >= 0.3 is 7.82 Å². The number of hydrogen-bond acceptors (Lipinski definition) is 5. The Morgan fingerprint density at radius 3 is 1.36 bits per heavy atom. The molecule has 0 bridgehead atoms. The standard InChI is InChI=1S/C52H101N2O6P/c1-6-8-10-12-14-15-16-17-18-19-20-21-22-23-24-25-26-27-28-29-30-31-32-33-34-35-36-37-38-39-40-42-44-46-52(56)53-50(51(55)45-43-41-13-11-9-7-2)49-60-61(57,58)59-48-47-54(3,4)5/h16-17,19-20,43,45,50-51,55H,6-15,18,21-42,44,46-49H2,1-5H3,(H-,53,56,57,58)/p+1/b17-16-,20-19-,45-43+. The fraction of sp³-hybridized carbons (Fsp3) is 0.865. The van der Waals surface area contributed by atoms with Crippen molar-refractivity contribution in [2.24, 2.45) is 0 Å². The van der Waals surface area contributed by atoms with Crippen molar-refractivity contribution >= 4 is 13.7 Å². The first-order valence-electron chi connectivity index (χ1n) is 25.9. The molecule has 0 rings (SSSR count). The fourth-order valence-electron chi connectivity index (χ4n) is 7.48. The Balaban J connectivity index is 3.82. The lowest BCUT2D eigenvalue weighted by atomic mass is 10.0. The summed E-state index contributed by atoms with van der Waals surface area (Å²) < 4.78 is 23.4. The average molecular weight is 882 g/mol. The minimum Gasteiger partial charge on any atom is -0.387 e. The van der Waals surface area contributed by atoms with Crippen LogP contribution < -0.4 is 5.32 Å². The molecule has 0 aliphatic carbocycles. The highest BCUT2D eigenvalue weighted by atomic mass is 31.2. The normalized spacial score (nSPS) is 14.4. The van der Waals surface area contributed by atoms with Crippen molar-refractivity contribution in [3.8, 4) is 0 Å². The third kappa shape index (κ3) is 46.5. The lowest BCUT2D eigenvalue weighted by molar-refractivity contribution is -0.870. The van der Waals surface area contributed by atoms with E-state index in [-0.39, 0.29) is 19.1 Å². The maximum Gasteiger partial charge on any atom is 0.472 e. The van der Waals surface area contributed by atoms with Crippen molar-refractivity contribution < 1.29 is 32.9 Å². The van der Waals surface area contributed by atoms with E-state index in [1.807, 2.05) is 27.2 Å². The number of rotatable bonds is 47. The van der Waals surface area contributed by atoms with Gasteiger partial charge in [0.2, 0.25) is 5.91 Å². The molecule has 360 valence electrons. The summed E-state index contributed by atoms with van der Waals surface area (Å²) in [6.45, 7) is 4.73. The number of nitrogens with zero attached hydrogens (tertiary/aromatic N) is 1. The number of carbonyl (C=O) groups is 1. The van der Waals surface area contributed by atoms with Crippen LogP contribution in [0, 0.1) is 0 Å².